The van der Waals surface area contributed by atoms with Gasteiger partial charge in [0, 0.05) is 12.0 Å². The van der Waals surface area contributed by atoms with E-state index in [1.165, 1.54) is 5.56 Å². The molecule has 1 atom stereocenters. The molecule has 106 valence electrons. The average Bonchev–Trinajstić information content (AvgIpc) is 3.23. The van der Waals surface area contributed by atoms with Gasteiger partial charge in [-0.15, -0.1) is 0 Å². The normalized spacial score (nSPS) is 16.1. The van der Waals surface area contributed by atoms with Crippen LogP contribution in [0.1, 0.15) is 49.0 Å². The molecule has 0 saturated heterocycles. The van der Waals surface area contributed by atoms with E-state index >= 15 is 0 Å². The Balaban J connectivity index is 1.62. The van der Waals surface area contributed by atoms with E-state index in [0.717, 1.165) is 24.5 Å². The number of hydrogen-bond donors (Lipinski definition) is 1. The van der Waals surface area contributed by atoms with Crippen LogP contribution in [0.3, 0.4) is 0 Å². The Morgan fingerprint density at radius 3 is 3.05 bits per heavy atom. The predicted molar refractivity (Wildman–Crippen MR) is 74.5 cm³/mol. The van der Waals surface area contributed by atoms with Gasteiger partial charge in [0.1, 0.15) is 5.75 Å². The van der Waals surface area contributed by atoms with E-state index in [1.54, 1.807) is 0 Å². The molecule has 1 aliphatic carbocycles. The molecular weight excluding hydrogens is 254 g/mol. The van der Waals surface area contributed by atoms with E-state index in [0.29, 0.717) is 24.4 Å². The van der Waals surface area contributed by atoms with Crippen molar-refractivity contribution in [2.24, 2.45) is 0 Å². The van der Waals surface area contributed by atoms with E-state index in [9.17, 15) is 0 Å². The van der Waals surface area contributed by atoms with Gasteiger partial charge in [-0.3, -0.25) is 0 Å². The van der Waals surface area contributed by atoms with Gasteiger partial charge in [-0.2, -0.15) is 4.98 Å². The van der Waals surface area contributed by atoms with Crippen LogP contribution in [0.25, 0.3) is 0 Å². The van der Waals surface area contributed by atoms with Crippen molar-refractivity contribution in [2.45, 2.75) is 38.3 Å². The first-order valence-corrected chi connectivity index (χ1v) is 6.99. The lowest BCUT2D eigenvalue weighted by Gasteiger charge is -2.12. The third-order valence-electron chi connectivity index (χ3n) is 3.57. The third-order valence-corrected chi connectivity index (χ3v) is 3.57. The Bertz CT molecular complexity index is 578. The maximum absolute atomic E-state index is 5.73. The van der Waals surface area contributed by atoms with Crippen LogP contribution in [0.2, 0.25) is 0 Å². The summed E-state index contributed by atoms with van der Waals surface area (Å²) in [6, 6.07) is 8.33. The van der Waals surface area contributed by atoms with Crippen molar-refractivity contribution >= 4 is 0 Å². The van der Waals surface area contributed by atoms with Crippen molar-refractivity contribution in [3.05, 3.63) is 41.5 Å². The summed E-state index contributed by atoms with van der Waals surface area (Å²) in [7, 11) is 1.94. The highest BCUT2D eigenvalue weighted by molar-refractivity contribution is 5.30. The molecule has 1 N–H and O–H groups in total. The van der Waals surface area contributed by atoms with Crippen LogP contribution < -0.4 is 10.1 Å². The summed E-state index contributed by atoms with van der Waals surface area (Å²) < 4.78 is 10.9. The molecule has 20 heavy (non-hydrogen) atoms. The minimum Gasteiger partial charge on any atom is -0.485 e. The van der Waals surface area contributed by atoms with Gasteiger partial charge in [0.25, 0.3) is 0 Å². The first-order valence-electron chi connectivity index (χ1n) is 6.99. The second-order valence-corrected chi connectivity index (χ2v) is 5.19. The summed E-state index contributed by atoms with van der Waals surface area (Å²) in [6.07, 6.45) is 2.32. The SMILES string of the molecule is CNC(C)c1cccc(OCc2noc(C3CC3)n2)c1. The van der Waals surface area contributed by atoms with Crippen molar-refractivity contribution in [1.82, 2.24) is 15.5 Å². The van der Waals surface area contributed by atoms with Gasteiger partial charge in [-0.25, -0.2) is 0 Å². The summed E-state index contributed by atoms with van der Waals surface area (Å²) in [5.74, 6) is 2.67. The van der Waals surface area contributed by atoms with E-state index in [2.05, 4.69) is 28.4 Å². The highest BCUT2D eigenvalue weighted by Crippen LogP contribution is 2.38. The van der Waals surface area contributed by atoms with E-state index in [4.69, 9.17) is 9.26 Å². The molecule has 1 saturated carbocycles. The maximum Gasteiger partial charge on any atom is 0.229 e. The Labute approximate surface area is 118 Å². The minimum atomic E-state index is 0.296. The molecule has 1 fully saturated rings. The molecule has 5 heteroatoms. The topological polar surface area (TPSA) is 60.2 Å². The Hall–Kier alpha value is -1.88. The summed E-state index contributed by atoms with van der Waals surface area (Å²) >= 11 is 0. The molecular formula is C15H19N3O2. The molecule has 1 unspecified atom stereocenters. The van der Waals surface area contributed by atoms with Gasteiger partial charge in [0.05, 0.1) is 0 Å². The van der Waals surface area contributed by atoms with Crippen LogP contribution in [-0.4, -0.2) is 17.2 Å². The quantitative estimate of drug-likeness (QED) is 0.877. The largest absolute Gasteiger partial charge is 0.485 e. The zero-order chi connectivity index (χ0) is 13.9. The van der Waals surface area contributed by atoms with Crippen LogP contribution in [-0.2, 0) is 6.61 Å². The highest BCUT2D eigenvalue weighted by atomic mass is 16.5. The molecule has 0 radical (unpaired) electrons. The molecule has 0 aliphatic heterocycles. The molecule has 1 aromatic carbocycles. The lowest BCUT2D eigenvalue weighted by atomic mass is 10.1. The molecule has 1 aliphatic rings. The number of hydrogen-bond acceptors (Lipinski definition) is 5. The molecule has 3 rings (SSSR count). The average molecular weight is 273 g/mol. The second-order valence-electron chi connectivity index (χ2n) is 5.19. The first kappa shape index (κ1) is 13.1. The van der Waals surface area contributed by atoms with Crippen LogP contribution in [0.4, 0.5) is 0 Å². The molecule has 0 bridgehead atoms. The first-order chi connectivity index (χ1) is 9.76. The lowest BCUT2D eigenvalue weighted by molar-refractivity contribution is 0.284. The maximum atomic E-state index is 5.73. The monoisotopic (exact) mass is 273 g/mol. The van der Waals surface area contributed by atoms with Crippen molar-refractivity contribution in [3.63, 3.8) is 0 Å². The smallest absolute Gasteiger partial charge is 0.229 e. The minimum absolute atomic E-state index is 0.296. The molecule has 1 aromatic heterocycles. The fraction of sp³-hybridized carbons (Fsp3) is 0.467. The number of nitrogens with one attached hydrogen (secondary N) is 1. The van der Waals surface area contributed by atoms with Crippen LogP contribution in [0.5, 0.6) is 5.75 Å². The van der Waals surface area contributed by atoms with E-state index in [-0.39, 0.29) is 0 Å². The Morgan fingerprint density at radius 2 is 2.30 bits per heavy atom. The highest BCUT2D eigenvalue weighted by Gasteiger charge is 2.29. The van der Waals surface area contributed by atoms with Crippen LogP contribution >= 0.6 is 0 Å². The number of aromatic nitrogens is 2. The van der Waals surface area contributed by atoms with Crippen molar-refractivity contribution in [1.29, 1.82) is 0 Å². The summed E-state index contributed by atoms with van der Waals surface area (Å²) in [4.78, 5) is 4.35. The van der Waals surface area contributed by atoms with Gasteiger partial charge in [-0.05, 0) is 44.5 Å². The summed E-state index contributed by atoms with van der Waals surface area (Å²) in [5.41, 5.74) is 1.19. The van der Waals surface area contributed by atoms with Gasteiger partial charge in [0.15, 0.2) is 6.61 Å². The number of rotatable bonds is 6. The number of ether oxygens (including phenoxy) is 1. The molecule has 0 amide bonds. The van der Waals surface area contributed by atoms with Crippen molar-refractivity contribution in [2.75, 3.05) is 7.05 Å². The Morgan fingerprint density at radius 1 is 1.45 bits per heavy atom. The summed E-state index contributed by atoms with van der Waals surface area (Å²) in [6.45, 7) is 2.45. The van der Waals surface area contributed by atoms with Gasteiger partial charge >= 0.3 is 0 Å². The van der Waals surface area contributed by atoms with Crippen molar-refractivity contribution < 1.29 is 9.26 Å². The molecule has 2 aromatic rings. The van der Waals surface area contributed by atoms with Crippen LogP contribution in [0.15, 0.2) is 28.8 Å². The fourth-order valence-electron chi connectivity index (χ4n) is 2.01. The molecule has 0 spiro atoms. The van der Waals surface area contributed by atoms with Crippen molar-refractivity contribution in [3.8, 4) is 5.75 Å². The predicted octanol–water partition coefficient (Wildman–Crippen LogP) is 2.81. The fourth-order valence-corrected chi connectivity index (χ4v) is 2.01. The van der Waals surface area contributed by atoms with Gasteiger partial charge < -0.3 is 14.6 Å². The summed E-state index contributed by atoms with van der Waals surface area (Å²) in [5, 5.41) is 7.15. The van der Waals surface area contributed by atoms with Gasteiger partial charge in [0.2, 0.25) is 11.7 Å². The zero-order valence-electron chi connectivity index (χ0n) is 11.8. The molecule has 1 heterocycles. The zero-order valence-corrected chi connectivity index (χ0v) is 11.8. The van der Waals surface area contributed by atoms with E-state index < -0.39 is 0 Å². The number of nitrogens with zero attached hydrogens (tertiary/aromatic N) is 2. The number of benzene rings is 1. The van der Waals surface area contributed by atoms with Crippen LogP contribution in [0, 0.1) is 0 Å². The van der Waals surface area contributed by atoms with E-state index in [1.807, 2.05) is 25.2 Å². The molecule has 5 nitrogen and oxygen atoms in total. The standard InChI is InChI=1S/C15H19N3O2/c1-10(16-2)12-4-3-5-13(8-12)19-9-14-17-15(20-18-14)11-6-7-11/h3-5,8,10-11,16H,6-7,9H2,1-2H3. The lowest BCUT2D eigenvalue weighted by Crippen LogP contribution is -2.12. The second kappa shape index (κ2) is 5.63. The third kappa shape index (κ3) is 2.99. The Kier molecular flexibility index (Phi) is 3.69. The van der Waals surface area contributed by atoms with Gasteiger partial charge in [-0.1, -0.05) is 17.3 Å².